The van der Waals surface area contributed by atoms with Crippen molar-refractivity contribution in [2.24, 2.45) is 5.73 Å². The molecule has 7 heteroatoms. The fourth-order valence-corrected chi connectivity index (χ4v) is 3.63. The quantitative estimate of drug-likeness (QED) is 0.332. The zero-order valence-corrected chi connectivity index (χ0v) is 15.7. The smallest absolute Gasteiger partial charge is 0.326 e. The number of carbonyl (C=O) groups excluding carboxylic acids is 1. The topological polar surface area (TPSA) is 124 Å². The lowest BCUT2D eigenvalue weighted by Crippen LogP contribution is -2.50. The molecule has 2 aromatic carbocycles. The first-order valence-corrected chi connectivity index (χ1v) is 9.41. The molecular formula is C22H22N4O3. The molecule has 29 heavy (non-hydrogen) atoms. The van der Waals surface area contributed by atoms with Crippen molar-refractivity contribution < 1.29 is 14.7 Å². The van der Waals surface area contributed by atoms with Crippen LogP contribution in [0, 0.1) is 0 Å². The number of H-pyrrole nitrogens is 2. The Labute approximate surface area is 166 Å². The monoisotopic (exact) mass is 390 g/mol. The third-order valence-corrected chi connectivity index (χ3v) is 5.17. The Morgan fingerprint density at radius 3 is 1.97 bits per heavy atom. The van der Waals surface area contributed by atoms with E-state index in [1.807, 2.05) is 54.7 Å². The number of aliphatic carboxylic acids is 1. The van der Waals surface area contributed by atoms with Gasteiger partial charge in [0, 0.05) is 40.6 Å². The Kier molecular flexibility index (Phi) is 5.05. The van der Waals surface area contributed by atoms with Crippen LogP contribution in [0.2, 0.25) is 0 Å². The molecule has 0 aliphatic heterocycles. The lowest BCUT2D eigenvalue weighted by molar-refractivity contribution is -0.141. The minimum absolute atomic E-state index is 0.172. The van der Waals surface area contributed by atoms with Crippen molar-refractivity contribution in [1.29, 1.82) is 0 Å². The number of carbonyl (C=O) groups is 2. The second-order valence-corrected chi connectivity index (χ2v) is 7.13. The number of hydrogen-bond acceptors (Lipinski definition) is 3. The summed E-state index contributed by atoms with van der Waals surface area (Å²) in [4.78, 5) is 30.6. The summed E-state index contributed by atoms with van der Waals surface area (Å²) < 4.78 is 0. The first kappa shape index (κ1) is 18.8. The summed E-state index contributed by atoms with van der Waals surface area (Å²) >= 11 is 0. The number of amides is 1. The highest BCUT2D eigenvalue weighted by atomic mass is 16.4. The van der Waals surface area contributed by atoms with Gasteiger partial charge < -0.3 is 26.1 Å². The zero-order valence-electron chi connectivity index (χ0n) is 15.7. The maximum Gasteiger partial charge on any atom is 0.326 e. The van der Waals surface area contributed by atoms with Crippen molar-refractivity contribution in [1.82, 2.24) is 15.3 Å². The van der Waals surface area contributed by atoms with Crippen LogP contribution >= 0.6 is 0 Å². The van der Waals surface area contributed by atoms with E-state index in [4.69, 9.17) is 5.73 Å². The van der Waals surface area contributed by atoms with Crippen molar-refractivity contribution in [2.45, 2.75) is 24.9 Å². The van der Waals surface area contributed by atoms with E-state index in [1.54, 1.807) is 6.20 Å². The molecule has 2 aromatic heterocycles. The number of carboxylic acids is 1. The van der Waals surface area contributed by atoms with Crippen LogP contribution in [-0.4, -0.2) is 39.0 Å². The maximum atomic E-state index is 12.6. The summed E-state index contributed by atoms with van der Waals surface area (Å²) in [6.07, 6.45) is 4.09. The van der Waals surface area contributed by atoms with E-state index in [0.29, 0.717) is 6.42 Å². The van der Waals surface area contributed by atoms with Crippen LogP contribution in [0.4, 0.5) is 0 Å². The van der Waals surface area contributed by atoms with Gasteiger partial charge in [-0.15, -0.1) is 0 Å². The molecule has 4 rings (SSSR count). The van der Waals surface area contributed by atoms with Crippen LogP contribution in [0.25, 0.3) is 21.8 Å². The highest BCUT2D eigenvalue weighted by Crippen LogP contribution is 2.20. The fourth-order valence-electron chi connectivity index (χ4n) is 3.63. The molecule has 0 aliphatic rings. The standard InChI is InChI=1S/C22H22N4O3/c23-17(9-13-11-24-18-7-3-1-5-15(13)18)21(27)26-20(22(28)29)10-14-12-25-19-8-4-2-6-16(14)19/h1-8,11-12,17,20,24-25H,9-10,23H2,(H,26,27)(H,28,29)/t17-,20+/m1/s1. The van der Waals surface area contributed by atoms with E-state index in [2.05, 4.69) is 15.3 Å². The largest absolute Gasteiger partial charge is 0.480 e. The molecule has 7 nitrogen and oxygen atoms in total. The van der Waals surface area contributed by atoms with Crippen molar-refractivity contribution in [3.63, 3.8) is 0 Å². The van der Waals surface area contributed by atoms with Crippen molar-refractivity contribution in [3.05, 3.63) is 72.1 Å². The first-order valence-electron chi connectivity index (χ1n) is 9.41. The number of nitrogens with two attached hydrogens (primary N) is 1. The molecule has 0 fully saturated rings. The van der Waals surface area contributed by atoms with Crippen molar-refractivity contribution in [3.8, 4) is 0 Å². The summed E-state index contributed by atoms with van der Waals surface area (Å²) in [6.45, 7) is 0. The highest BCUT2D eigenvalue weighted by Gasteiger charge is 2.25. The van der Waals surface area contributed by atoms with E-state index in [9.17, 15) is 14.7 Å². The number of fused-ring (bicyclic) bond motifs is 2. The van der Waals surface area contributed by atoms with E-state index >= 15 is 0 Å². The summed E-state index contributed by atoms with van der Waals surface area (Å²) in [5.41, 5.74) is 9.74. The van der Waals surface area contributed by atoms with E-state index < -0.39 is 24.0 Å². The number of hydrogen-bond donors (Lipinski definition) is 5. The molecule has 148 valence electrons. The number of aromatic amines is 2. The Bertz CT molecular complexity index is 1180. The summed E-state index contributed by atoms with van der Waals surface area (Å²) in [5, 5.41) is 14.1. The third-order valence-electron chi connectivity index (χ3n) is 5.17. The number of para-hydroxylation sites is 2. The van der Waals surface area contributed by atoms with Crippen LogP contribution in [0.1, 0.15) is 11.1 Å². The second-order valence-electron chi connectivity index (χ2n) is 7.13. The second kappa shape index (κ2) is 7.81. The van der Waals surface area contributed by atoms with Crippen LogP contribution in [0.15, 0.2) is 60.9 Å². The minimum Gasteiger partial charge on any atom is -0.480 e. The van der Waals surface area contributed by atoms with E-state index in [1.165, 1.54) is 0 Å². The minimum atomic E-state index is -1.09. The lowest BCUT2D eigenvalue weighted by atomic mass is 10.0. The van der Waals surface area contributed by atoms with Crippen LogP contribution < -0.4 is 11.1 Å². The Morgan fingerprint density at radius 1 is 0.897 bits per heavy atom. The van der Waals surface area contributed by atoms with Gasteiger partial charge in [0.15, 0.2) is 0 Å². The van der Waals surface area contributed by atoms with E-state index in [0.717, 1.165) is 32.9 Å². The molecule has 2 heterocycles. The van der Waals surface area contributed by atoms with Gasteiger partial charge in [-0.2, -0.15) is 0 Å². The zero-order chi connectivity index (χ0) is 20.4. The molecule has 6 N–H and O–H groups in total. The van der Waals surface area contributed by atoms with Gasteiger partial charge in [-0.1, -0.05) is 36.4 Å². The SMILES string of the molecule is N[C@H](Cc1c[nH]c2ccccc12)C(=O)N[C@@H](Cc1c[nH]c2ccccc12)C(=O)O. The van der Waals surface area contributed by atoms with Gasteiger partial charge in [0.2, 0.25) is 5.91 Å². The van der Waals surface area contributed by atoms with Crippen LogP contribution in [0.3, 0.4) is 0 Å². The molecule has 0 saturated heterocycles. The Hall–Kier alpha value is -3.58. The predicted octanol–water partition coefficient (Wildman–Crippen LogP) is 2.33. The molecule has 0 spiro atoms. The molecule has 4 aromatic rings. The molecule has 0 saturated carbocycles. The third kappa shape index (κ3) is 3.86. The molecule has 0 aliphatic carbocycles. The predicted molar refractivity (Wildman–Crippen MR) is 112 cm³/mol. The van der Waals surface area contributed by atoms with E-state index in [-0.39, 0.29) is 6.42 Å². The Balaban J connectivity index is 1.46. The average Bonchev–Trinajstić information content (AvgIpc) is 3.32. The van der Waals surface area contributed by atoms with Gasteiger partial charge in [0.05, 0.1) is 6.04 Å². The number of carboxylic acid groups (broad SMARTS) is 1. The molecule has 0 bridgehead atoms. The first-order chi connectivity index (χ1) is 14.0. The van der Waals surface area contributed by atoms with Gasteiger partial charge in [-0.3, -0.25) is 4.79 Å². The number of benzene rings is 2. The average molecular weight is 390 g/mol. The van der Waals surface area contributed by atoms with Gasteiger partial charge in [-0.25, -0.2) is 4.79 Å². The summed E-state index contributed by atoms with van der Waals surface area (Å²) in [7, 11) is 0. The van der Waals surface area contributed by atoms with Crippen molar-refractivity contribution >= 4 is 33.7 Å². The van der Waals surface area contributed by atoms with Crippen LogP contribution in [0.5, 0.6) is 0 Å². The number of rotatable bonds is 7. The summed E-state index contributed by atoms with van der Waals surface area (Å²) in [6, 6.07) is 13.5. The van der Waals surface area contributed by atoms with Gasteiger partial charge in [-0.05, 0) is 29.7 Å². The number of nitrogens with one attached hydrogen (secondary N) is 3. The lowest BCUT2D eigenvalue weighted by Gasteiger charge is -2.17. The Morgan fingerprint density at radius 2 is 1.41 bits per heavy atom. The van der Waals surface area contributed by atoms with Crippen molar-refractivity contribution in [2.75, 3.05) is 0 Å². The van der Waals surface area contributed by atoms with Crippen LogP contribution in [-0.2, 0) is 22.4 Å². The normalized spacial score (nSPS) is 13.4. The molecule has 0 radical (unpaired) electrons. The maximum absolute atomic E-state index is 12.6. The molecule has 0 unspecified atom stereocenters. The highest BCUT2D eigenvalue weighted by molar-refractivity contribution is 5.89. The van der Waals surface area contributed by atoms with Gasteiger partial charge >= 0.3 is 5.97 Å². The summed E-state index contributed by atoms with van der Waals surface area (Å²) in [5.74, 6) is -1.58. The molecule has 2 atom stereocenters. The van der Waals surface area contributed by atoms with Gasteiger partial charge in [0.1, 0.15) is 6.04 Å². The van der Waals surface area contributed by atoms with Gasteiger partial charge in [0.25, 0.3) is 0 Å². The molecular weight excluding hydrogens is 368 g/mol. The fraction of sp³-hybridized carbons (Fsp3) is 0.182. The molecule has 1 amide bonds. The number of aromatic nitrogens is 2.